The van der Waals surface area contributed by atoms with Crippen LogP contribution in [0.3, 0.4) is 0 Å². The minimum Gasteiger partial charge on any atom is -0.399 e. The summed E-state index contributed by atoms with van der Waals surface area (Å²) in [5.41, 5.74) is 1.46. The van der Waals surface area contributed by atoms with Crippen molar-refractivity contribution in [1.82, 2.24) is 14.7 Å². The highest BCUT2D eigenvalue weighted by Gasteiger charge is 2.51. The smallest absolute Gasteiger partial charge is 0.399 e. The first-order valence-corrected chi connectivity index (χ1v) is 8.78. The Kier molecular flexibility index (Phi) is 3.57. The zero-order valence-electron chi connectivity index (χ0n) is 15.2. The molecular weight excluding hydrogens is 301 g/mol. The highest BCUT2D eigenvalue weighted by Crippen LogP contribution is 2.36. The lowest BCUT2D eigenvalue weighted by atomic mass is 9.79. The van der Waals surface area contributed by atoms with Gasteiger partial charge in [-0.05, 0) is 59.2 Å². The second-order valence-corrected chi connectivity index (χ2v) is 8.22. The Morgan fingerprint density at radius 3 is 2.50 bits per heavy atom. The number of hydrogen-bond donors (Lipinski definition) is 0. The van der Waals surface area contributed by atoms with Gasteiger partial charge < -0.3 is 14.2 Å². The molecule has 2 saturated heterocycles. The Morgan fingerprint density at radius 1 is 1.17 bits per heavy atom. The van der Waals surface area contributed by atoms with E-state index in [0.717, 1.165) is 35.9 Å². The number of aromatic nitrogens is 2. The van der Waals surface area contributed by atoms with Gasteiger partial charge in [0.2, 0.25) is 0 Å². The number of likely N-dealkylation sites (tertiary alicyclic amines) is 1. The fraction of sp³-hybridized carbons (Fsp3) is 0.611. The van der Waals surface area contributed by atoms with Gasteiger partial charge in [-0.2, -0.15) is 5.10 Å². The van der Waals surface area contributed by atoms with Crippen molar-refractivity contribution < 1.29 is 9.31 Å². The van der Waals surface area contributed by atoms with E-state index in [1.807, 2.05) is 0 Å². The van der Waals surface area contributed by atoms with Gasteiger partial charge in [-0.1, -0.05) is 12.1 Å². The summed E-state index contributed by atoms with van der Waals surface area (Å²) in [5, 5.41) is 5.91. The molecule has 0 bridgehead atoms. The third-order valence-electron chi connectivity index (χ3n) is 5.81. The first kappa shape index (κ1) is 16.1. The van der Waals surface area contributed by atoms with Crippen LogP contribution in [0.5, 0.6) is 0 Å². The van der Waals surface area contributed by atoms with Crippen LogP contribution in [0.4, 0.5) is 0 Å². The number of nitrogens with zero attached hydrogens (tertiary/aromatic N) is 3. The van der Waals surface area contributed by atoms with Crippen LogP contribution in [-0.2, 0) is 9.31 Å². The molecule has 128 valence electrons. The van der Waals surface area contributed by atoms with Crippen molar-refractivity contribution in [3.8, 4) is 0 Å². The van der Waals surface area contributed by atoms with Gasteiger partial charge in [0.05, 0.1) is 22.8 Å². The van der Waals surface area contributed by atoms with E-state index in [9.17, 15) is 0 Å². The van der Waals surface area contributed by atoms with Gasteiger partial charge >= 0.3 is 7.12 Å². The summed E-state index contributed by atoms with van der Waals surface area (Å²) in [4.78, 5) is 2.35. The van der Waals surface area contributed by atoms with E-state index in [2.05, 4.69) is 68.7 Å². The van der Waals surface area contributed by atoms with Gasteiger partial charge in [0.25, 0.3) is 0 Å². The zero-order chi connectivity index (χ0) is 17.1. The molecular formula is C18H26BN3O2. The lowest BCUT2D eigenvalue weighted by molar-refractivity contribution is 0.00578. The molecule has 3 heterocycles. The molecule has 2 aliphatic heterocycles. The Bertz CT molecular complexity index is 755. The van der Waals surface area contributed by atoms with Crippen molar-refractivity contribution in [2.45, 2.75) is 51.4 Å². The molecule has 4 rings (SSSR count). The number of hydrogen-bond acceptors (Lipinski definition) is 4. The van der Waals surface area contributed by atoms with Crippen molar-refractivity contribution >= 4 is 23.5 Å². The van der Waals surface area contributed by atoms with Crippen LogP contribution in [0.1, 0.15) is 40.2 Å². The summed E-state index contributed by atoms with van der Waals surface area (Å²) in [5.74, 6) is 0. The lowest BCUT2D eigenvalue weighted by Crippen LogP contribution is -2.41. The van der Waals surface area contributed by atoms with Gasteiger partial charge in [-0.25, -0.2) is 0 Å². The van der Waals surface area contributed by atoms with E-state index >= 15 is 0 Å². The summed E-state index contributed by atoms with van der Waals surface area (Å²) in [6, 6.07) is 6.77. The predicted octanol–water partition coefficient (Wildman–Crippen LogP) is 2.21. The summed E-state index contributed by atoms with van der Waals surface area (Å²) in [6.45, 7) is 10.5. The first-order valence-electron chi connectivity index (χ1n) is 8.78. The minimum atomic E-state index is -0.319. The monoisotopic (exact) mass is 327 g/mol. The second-order valence-electron chi connectivity index (χ2n) is 8.22. The number of likely N-dealkylation sites (N-methyl/N-ethyl adjacent to an activating group) is 1. The highest BCUT2D eigenvalue weighted by atomic mass is 16.7. The molecule has 0 N–H and O–H groups in total. The maximum atomic E-state index is 6.16. The van der Waals surface area contributed by atoms with Crippen LogP contribution in [0.15, 0.2) is 24.4 Å². The standard InChI is InChI=1S/C18H26BN3O2/c1-17(2)18(3,4)24-19(23-17)14-6-7-16-13(10-14)11-22(20-16)15-8-9-21(5)12-15/h6-7,10-11,15H,8-9,12H2,1-5H3/t15-/m1/s1. The third kappa shape index (κ3) is 2.57. The molecule has 2 fully saturated rings. The Labute approximate surface area is 144 Å². The normalized spacial score (nSPS) is 26.5. The van der Waals surface area contributed by atoms with Gasteiger partial charge in [0.15, 0.2) is 0 Å². The van der Waals surface area contributed by atoms with Crippen molar-refractivity contribution in [3.05, 3.63) is 24.4 Å². The fourth-order valence-electron chi connectivity index (χ4n) is 3.50. The van der Waals surface area contributed by atoms with Gasteiger partial charge in [0.1, 0.15) is 0 Å². The number of fused-ring (bicyclic) bond motifs is 1. The highest BCUT2D eigenvalue weighted by molar-refractivity contribution is 6.62. The molecule has 1 atom stereocenters. The predicted molar refractivity (Wildman–Crippen MR) is 96.6 cm³/mol. The van der Waals surface area contributed by atoms with Crippen LogP contribution in [-0.4, -0.2) is 53.1 Å². The Hall–Kier alpha value is -1.37. The second kappa shape index (κ2) is 5.31. The van der Waals surface area contributed by atoms with E-state index in [0.29, 0.717) is 6.04 Å². The first-order chi connectivity index (χ1) is 11.2. The van der Waals surface area contributed by atoms with E-state index in [1.165, 1.54) is 0 Å². The van der Waals surface area contributed by atoms with Crippen LogP contribution in [0, 0.1) is 0 Å². The molecule has 2 aliphatic rings. The quantitative estimate of drug-likeness (QED) is 0.793. The summed E-state index contributed by atoms with van der Waals surface area (Å²) < 4.78 is 14.5. The number of benzene rings is 1. The minimum absolute atomic E-state index is 0.314. The van der Waals surface area contributed by atoms with Crippen molar-refractivity contribution in [2.75, 3.05) is 20.1 Å². The van der Waals surface area contributed by atoms with E-state index in [-0.39, 0.29) is 18.3 Å². The van der Waals surface area contributed by atoms with E-state index in [1.54, 1.807) is 0 Å². The largest absolute Gasteiger partial charge is 0.494 e. The lowest BCUT2D eigenvalue weighted by Gasteiger charge is -2.32. The van der Waals surface area contributed by atoms with Crippen molar-refractivity contribution in [2.24, 2.45) is 0 Å². The third-order valence-corrected chi connectivity index (χ3v) is 5.81. The van der Waals surface area contributed by atoms with Crippen LogP contribution < -0.4 is 5.46 Å². The van der Waals surface area contributed by atoms with Gasteiger partial charge in [-0.3, -0.25) is 4.68 Å². The molecule has 0 spiro atoms. The van der Waals surface area contributed by atoms with Gasteiger partial charge in [-0.15, -0.1) is 0 Å². The molecule has 0 amide bonds. The van der Waals surface area contributed by atoms with Crippen molar-refractivity contribution in [1.29, 1.82) is 0 Å². The summed E-state index contributed by atoms with van der Waals surface area (Å²) in [7, 11) is 1.85. The molecule has 5 nitrogen and oxygen atoms in total. The Balaban J connectivity index is 1.62. The van der Waals surface area contributed by atoms with E-state index < -0.39 is 0 Å². The molecule has 0 radical (unpaired) electrons. The van der Waals surface area contributed by atoms with Crippen LogP contribution >= 0.6 is 0 Å². The Morgan fingerprint density at radius 2 is 1.88 bits per heavy atom. The molecule has 0 saturated carbocycles. The van der Waals surface area contributed by atoms with Gasteiger partial charge in [0, 0.05) is 18.1 Å². The van der Waals surface area contributed by atoms with Crippen LogP contribution in [0.25, 0.3) is 10.9 Å². The van der Waals surface area contributed by atoms with Crippen molar-refractivity contribution in [3.63, 3.8) is 0 Å². The molecule has 1 aromatic carbocycles. The molecule has 0 aliphatic carbocycles. The zero-order valence-corrected chi connectivity index (χ0v) is 15.2. The number of rotatable bonds is 2. The maximum Gasteiger partial charge on any atom is 0.494 e. The molecule has 24 heavy (non-hydrogen) atoms. The summed E-state index contributed by atoms with van der Waals surface area (Å²) >= 11 is 0. The topological polar surface area (TPSA) is 39.5 Å². The molecule has 6 heteroatoms. The molecule has 2 aromatic rings. The average molecular weight is 327 g/mol. The molecule has 0 unspecified atom stereocenters. The van der Waals surface area contributed by atoms with E-state index in [4.69, 9.17) is 14.4 Å². The fourth-order valence-corrected chi connectivity index (χ4v) is 3.50. The average Bonchev–Trinajstić information content (AvgIpc) is 3.15. The summed E-state index contributed by atoms with van der Waals surface area (Å²) in [6.07, 6.45) is 3.32. The van der Waals surface area contributed by atoms with Crippen LogP contribution in [0.2, 0.25) is 0 Å². The SMILES string of the molecule is CN1CC[C@@H](n2cc3cc(B4OC(C)(C)C(C)(C)O4)ccc3n2)C1. The molecule has 1 aromatic heterocycles. The maximum absolute atomic E-state index is 6.16.